The summed E-state index contributed by atoms with van der Waals surface area (Å²) in [5, 5.41) is 0. The smallest absolute Gasteiger partial charge is 0.231 e. The van der Waals surface area contributed by atoms with Crippen molar-refractivity contribution in [3.05, 3.63) is 59.7 Å². The molecule has 4 heterocycles. The minimum Gasteiger partial charge on any atom is -0.454 e. The van der Waals surface area contributed by atoms with Gasteiger partial charge in [-0.25, -0.2) is 0 Å². The van der Waals surface area contributed by atoms with Crippen LogP contribution in [0.25, 0.3) is 0 Å². The first-order valence-electron chi connectivity index (χ1n) is 9.71. The Kier molecular flexibility index (Phi) is 4.24. The molecule has 3 saturated heterocycles. The van der Waals surface area contributed by atoms with E-state index >= 15 is 0 Å². The fourth-order valence-electron chi connectivity index (χ4n) is 4.54. The number of nitrogens with zero attached hydrogens (tertiary/aromatic N) is 2. The van der Waals surface area contributed by atoms with Crippen LogP contribution in [0, 0.1) is 5.92 Å². The van der Waals surface area contributed by atoms with Crippen LogP contribution in [-0.4, -0.2) is 41.6 Å². The lowest BCUT2D eigenvalue weighted by Crippen LogP contribution is -2.47. The summed E-state index contributed by atoms with van der Waals surface area (Å²) in [6.07, 6.45) is 2.10. The van der Waals surface area contributed by atoms with Gasteiger partial charge in [0.25, 0.3) is 0 Å². The molecule has 2 atom stereocenters. The van der Waals surface area contributed by atoms with Crippen LogP contribution >= 0.6 is 0 Å². The maximum Gasteiger partial charge on any atom is 0.231 e. The Balaban J connectivity index is 1.32. The van der Waals surface area contributed by atoms with Crippen LogP contribution < -0.4 is 9.47 Å². The number of benzene rings is 2. The molecule has 0 unspecified atom stereocenters. The van der Waals surface area contributed by atoms with Gasteiger partial charge in [-0.05, 0) is 36.1 Å². The van der Waals surface area contributed by atoms with E-state index in [2.05, 4.69) is 34.1 Å². The number of rotatable bonds is 4. The summed E-state index contributed by atoms with van der Waals surface area (Å²) < 4.78 is 10.9. The molecule has 5 heteroatoms. The van der Waals surface area contributed by atoms with Crippen molar-refractivity contribution in [1.29, 1.82) is 0 Å². The molecule has 0 spiro atoms. The number of fused-ring (bicyclic) bond motifs is 5. The average Bonchev–Trinajstić information content (AvgIpc) is 3.00. The van der Waals surface area contributed by atoms with Crippen LogP contribution in [-0.2, 0) is 17.9 Å². The van der Waals surface area contributed by atoms with E-state index < -0.39 is 0 Å². The molecule has 6 rings (SSSR count). The molecule has 0 aromatic heterocycles. The van der Waals surface area contributed by atoms with E-state index in [4.69, 9.17) is 9.47 Å². The summed E-state index contributed by atoms with van der Waals surface area (Å²) in [6, 6.07) is 16.8. The van der Waals surface area contributed by atoms with Gasteiger partial charge in [0.05, 0.1) is 5.92 Å². The Morgan fingerprint density at radius 1 is 0.889 bits per heavy atom. The van der Waals surface area contributed by atoms with Crippen LogP contribution in [0.1, 0.15) is 24.0 Å². The van der Waals surface area contributed by atoms with Crippen LogP contribution in [0.2, 0.25) is 0 Å². The number of carbonyl (C=O) groups is 1. The van der Waals surface area contributed by atoms with Gasteiger partial charge in [-0.15, -0.1) is 0 Å². The number of hydrogen-bond donors (Lipinski definition) is 0. The molecule has 0 N–H and O–H groups in total. The zero-order valence-corrected chi connectivity index (χ0v) is 15.3. The minimum absolute atomic E-state index is 0.112. The third-order valence-electron chi connectivity index (χ3n) is 5.91. The van der Waals surface area contributed by atoms with Gasteiger partial charge in [-0.1, -0.05) is 36.4 Å². The second-order valence-corrected chi connectivity index (χ2v) is 7.76. The van der Waals surface area contributed by atoms with Crippen molar-refractivity contribution >= 4 is 5.91 Å². The van der Waals surface area contributed by atoms with Gasteiger partial charge in [0, 0.05) is 32.2 Å². The van der Waals surface area contributed by atoms with Crippen LogP contribution in [0.4, 0.5) is 0 Å². The molecule has 0 radical (unpaired) electrons. The van der Waals surface area contributed by atoms with Gasteiger partial charge < -0.3 is 14.4 Å². The molecule has 2 bridgehead atoms. The Hall–Kier alpha value is -2.53. The zero-order chi connectivity index (χ0) is 18.2. The van der Waals surface area contributed by atoms with Gasteiger partial charge in [-0.2, -0.15) is 0 Å². The van der Waals surface area contributed by atoms with Crippen molar-refractivity contribution in [3.63, 3.8) is 0 Å². The Labute approximate surface area is 159 Å². The third-order valence-corrected chi connectivity index (χ3v) is 5.91. The molecule has 0 saturated carbocycles. The van der Waals surface area contributed by atoms with E-state index in [1.165, 1.54) is 11.1 Å². The first-order valence-corrected chi connectivity index (χ1v) is 9.71. The summed E-state index contributed by atoms with van der Waals surface area (Å²) in [6.45, 7) is 3.64. The van der Waals surface area contributed by atoms with Crippen molar-refractivity contribution in [2.45, 2.75) is 32.0 Å². The van der Waals surface area contributed by atoms with E-state index in [0.717, 1.165) is 50.5 Å². The maximum atomic E-state index is 13.0. The molecule has 0 aliphatic carbocycles. The molecule has 27 heavy (non-hydrogen) atoms. The molecule has 5 nitrogen and oxygen atoms in total. The fourth-order valence-corrected chi connectivity index (χ4v) is 4.54. The predicted molar refractivity (Wildman–Crippen MR) is 101 cm³/mol. The first kappa shape index (κ1) is 16.6. The molecular formula is C22H24N2O3. The summed E-state index contributed by atoms with van der Waals surface area (Å²) in [5.74, 6) is 2.08. The normalized spacial score (nSPS) is 24.3. The highest BCUT2D eigenvalue weighted by Gasteiger charge is 2.40. The molecule has 4 aliphatic rings. The summed E-state index contributed by atoms with van der Waals surface area (Å²) in [5.41, 5.74) is 2.42. The number of piperidine rings is 1. The summed E-state index contributed by atoms with van der Waals surface area (Å²) in [7, 11) is 0. The quantitative estimate of drug-likeness (QED) is 0.836. The van der Waals surface area contributed by atoms with Crippen LogP contribution in [0.5, 0.6) is 11.5 Å². The highest BCUT2D eigenvalue weighted by Crippen LogP contribution is 2.34. The highest BCUT2D eigenvalue weighted by molar-refractivity contribution is 5.80. The monoisotopic (exact) mass is 364 g/mol. The zero-order valence-electron chi connectivity index (χ0n) is 15.3. The summed E-state index contributed by atoms with van der Waals surface area (Å²) in [4.78, 5) is 17.6. The van der Waals surface area contributed by atoms with Crippen LogP contribution in [0.15, 0.2) is 48.5 Å². The van der Waals surface area contributed by atoms with Gasteiger partial charge in [0.1, 0.15) is 0 Å². The molecule has 2 aromatic rings. The molecule has 140 valence electrons. The maximum absolute atomic E-state index is 13.0. The third kappa shape index (κ3) is 3.28. The van der Waals surface area contributed by atoms with Crippen molar-refractivity contribution in [3.8, 4) is 11.5 Å². The van der Waals surface area contributed by atoms with Gasteiger partial charge in [0.2, 0.25) is 12.7 Å². The molecular weight excluding hydrogens is 340 g/mol. The topological polar surface area (TPSA) is 42.0 Å². The Morgan fingerprint density at radius 2 is 1.74 bits per heavy atom. The Morgan fingerprint density at radius 3 is 2.63 bits per heavy atom. The molecule has 3 fully saturated rings. The SMILES string of the molecule is O=C1[C@H]2CC[C@H](CN(Cc3ccc4c(c3)OCO4)C2)N1Cc1ccccc1. The fraction of sp³-hybridized carbons (Fsp3) is 0.409. The molecule has 1 amide bonds. The van der Waals surface area contributed by atoms with Crippen molar-refractivity contribution in [2.75, 3.05) is 19.9 Å². The van der Waals surface area contributed by atoms with E-state index in [1.807, 2.05) is 24.3 Å². The van der Waals surface area contributed by atoms with E-state index in [0.29, 0.717) is 18.7 Å². The van der Waals surface area contributed by atoms with Gasteiger partial charge in [0.15, 0.2) is 11.5 Å². The number of ether oxygens (including phenoxy) is 2. The molecule has 2 aromatic carbocycles. The Bertz CT molecular complexity index is 839. The number of amides is 1. The van der Waals surface area contributed by atoms with Gasteiger partial charge >= 0.3 is 0 Å². The van der Waals surface area contributed by atoms with E-state index in [9.17, 15) is 4.79 Å². The number of carbonyl (C=O) groups excluding carboxylic acids is 1. The van der Waals surface area contributed by atoms with E-state index in [1.54, 1.807) is 0 Å². The lowest BCUT2D eigenvalue weighted by Gasteiger charge is -2.36. The molecule has 4 aliphatic heterocycles. The van der Waals surface area contributed by atoms with Crippen molar-refractivity contribution in [1.82, 2.24) is 9.80 Å². The highest BCUT2D eigenvalue weighted by atomic mass is 16.7. The first-order chi connectivity index (χ1) is 13.3. The van der Waals surface area contributed by atoms with Crippen molar-refractivity contribution in [2.24, 2.45) is 5.92 Å². The average molecular weight is 364 g/mol. The van der Waals surface area contributed by atoms with Crippen molar-refractivity contribution < 1.29 is 14.3 Å². The minimum atomic E-state index is 0.112. The lowest BCUT2D eigenvalue weighted by molar-refractivity contribution is -0.140. The van der Waals surface area contributed by atoms with E-state index in [-0.39, 0.29) is 5.92 Å². The number of hydrogen-bond acceptors (Lipinski definition) is 4. The van der Waals surface area contributed by atoms with Crippen LogP contribution in [0.3, 0.4) is 0 Å². The second kappa shape index (κ2) is 6.89. The van der Waals surface area contributed by atoms with Gasteiger partial charge in [-0.3, -0.25) is 9.69 Å². The summed E-state index contributed by atoms with van der Waals surface area (Å²) >= 11 is 0. The second-order valence-electron chi connectivity index (χ2n) is 7.76. The predicted octanol–water partition coefficient (Wildman–Crippen LogP) is 3.04. The standard InChI is InChI=1S/C22H24N2O3/c25-22-18-7-8-19(24(22)12-16-4-2-1-3-5-16)14-23(13-18)11-17-6-9-20-21(10-17)27-15-26-20/h1-6,9-10,18-19H,7-8,11-15H2/t18-,19+/m0/s1. The lowest BCUT2D eigenvalue weighted by atomic mass is 9.93. The largest absolute Gasteiger partial charge is 0.454 e.